The van der Waals surface area contributed by atoms with Crippen molar-refractivity contribution in [1.82, 2.24) is 4.90 Å². The predicted molar refractivity (Wildman–Crippen MR) is 65.6 cm³/mol. The zero-order valence-corrected chi connectivity index (χ0v) is 11.5. The van der Waals surface area contributed by atoms with Gasteiger partial charge < -0.3 is 0 Å². The van der Waals surface area contributed by atoms with E-state index in [2.05, 4.69) is 0 Å². The van der Waals surface area contributed by atoms with E-state index in [0.29, 0.717) is 6.42 Å². The van der Waals surface area contributed by atoms with Crippen LogP contribution in [-0.2, 0) is 9.59 Å². The molecule has 1 fully saturated rings. The number of carbonyl (C=O) groups is 2. The van der Waals surface area contributed by atoms with E-state index in [0.717, 1.165) is 0 Å². The molecule has 2 amide bonds. The standard InChI is InChI=1S/C6H9NO2.3C2H6/c1-4-3-5(8)7(2)6(4)9;3*1-2/h4H,3H2,1-2H3;3*1-2H3. The van der Waals surface area contributed by atoms with E-state index in [4.69, 9.17) is 0 Å². The molecule has 3 heteroatoms. The average molecular weight is 217 g/mol. The minimum Gasteiger partial charge on any atom is -0.286 e. The van der Waals surface area contributed by atoms with Crippen LogP contribution in [0.15, 0.2) is 0 Å². The molecule has 0 N–H and O–H groups in total. The second-order valence-electron chi connectivity index (χ2n) is 2.40. The van der Waals surface area contributed by atoms with Gasteiger partial charge in [0.1, 0.15) is 0 Å². The normalized spacial score (nSPS) is 17.9. The summed E-state index contributed by atoms with van der Waals surface area (Å²) in [7, 11) is 1.52. The summed E-state index contributed by atoms with van der Waals surface area (Å²) in [6.45, 7) is 13.8. The highest BCUT2D eigenvalue weighted by molar-refractivity contribution is 6.02. The molecule has 92 valence electrons. The van der Waals surface area contributed by atoms with Gasteiger partial charge in [-0.15, -0.1) is 0 Å². The first kappa shape index (κ1) is 19.7. The number of rotatable bonds is 0. The topological polar surface area (TPSA) is 37.4 Å². The number of imide groups is 1. The molecule has 15 heavy (non-hydrogen) atoms. The molecule has 1 aliphatic rings. The van der Waals surface area contributed by atoms with Crippen molar-refractivity contribution < 1.29 is 9.59 Å². The molecular formula is C12H27NO2. The van der Waals surface area contributed by atoms with Crippen LogP contribution in [-0.4, -0.2) is 23.8 Å². The summed E-state index contributed by atoms with van der Waals surface area (Å²) in [6, 6.07) is 0. The molecule has 1 aliphatic heterocycles. The first-order valence-electron chi connectivity index (χ1n) is 5.93. The average Bonchev–Trinajstić information content (AvgIpc) is 2.54. The molecule has 0 bridgehead atoms. The van der Waals surface area contributed by atoms with Gasteiger partial charge in [0.25, 0.3) is 0 Å². The van der Waals surface area contributed by atoms with Crippen molar-refractivity contribution in [3.05, 3.63) is 0 Å². The number of hydrogen-bond acceptors (Lipinski definition) is 2. The van der Waals surface area contributed by atoms with Crippen LogP contribution in [0.25, 0.3) is 0 Å². The van der Waals surface area contributed by atoms with Crippen molar-refractivity contribution in [3.63, 3.8) is 0 Å². The van der Waals surface area contributed by atoms with Gasteiger partial charge in [-0.2, -0.15) is 0 Å². The summed E-state index contributed by atoms with van der Waals surface area (Å²) in [5.74, 6) is -0.213. The molecular weight excluding hydrogens is 190 g/mol. The Kier molecular flexibility index (Phi) is 17.2. The Bertz CT molecular complexity index is 167. The predicted octanol–water partition coefficient (Wildman–Crippen LogP) is 3.09. The van der Waals surface area contributed by atoms with Gasteiger partial charge in [0.2, 0.25) is 11.8 Å². The van der Waals surface area contributed by atoms with Gasteiger partial charge in [-0.3, -0.25) is 14.5 Å². The Hall–Kier alpha value is -0.860. The van der Waals surface area contributed by atoms with Gasteiger partial charge in [0.05, 0.1) is 0 Å². The Labute approximate surface area is 94.8 Å². The van der Waals surface area contributed by atoms with Gasteiger partial charge in [-0.1, -0.05) is 48.5 Å². The number of hydrogen-bond donors (Lipinski definition) is 0. The maximum atomic E-state index is 10.8. The van der Waals surface area contributed by atoms with Crippen LogP contribution in [0, 0.1) is 5.92 Å². The van der Waals surface area contributed by atoms with Crippen LogP contribution in [0.5, 0.6) is 0 Å². The van der Waals surface area contributed by atoms with Crippen LogP contribution in [0.4, 0.5) is 0 Å². The molecule has 0 radical (unpaired) electrons. The fourth-order valence-electron chi connectivity index (χ4n) is 0.940. The lowest BCUT2D eigenvalue weighted by Crippen LogP contribution is -2.24. The van der Waals surface area contributed by atoms with E-state index in [1.54, 1.807) is 6.92 Å². The molecule has 0 spiro atoms. The first-order valence-corrected chi connectivity index (χ1v) is 5.93. The minimum absolute atomic E-state index is 0.0556. The second kappa shape index (κ2) is 13.1. The highest BCUT2D eigenvalue weighted by atomic mass is 16.2. The van der Waals surface area contributed by atoms with Gasteiger partial charge in [0, 0.05) is 19.4 Å². The largest absolute Gasteiger partial charge is 0.286 e. The van der Waals surface area contributed by atoms with Crippen LogP contribution >= 0.6 is 0 Å². The van der Waals surface area contributed by atoms with Crippen LogP contribution in [0.2, 0.25) is 0 Å². The van der Waals surface area contributed by atoms with Gasteiger partial charge in [-0.25, -0.2) is 0 Å². The summed E-state index contributed by atoms with van der Waals surface area (Å²) in [4.78, 5) is 22.7. The van der Waals surface area contributed by atoms with Gasteiger partial charge in [0.15, 0.2) is 0 Å². The lowest BCUT2D eigenvalue weighted by molar-refractivity contribution is -0.137. The number of amides is 2. The van der Waals surface area contributed by atoms with Crippen molar-refractivity contribution in [1.29, 1.82) is 0 Å². The third-order valence-electron chi connectivity index (χ3n) is 1.61. The van der Waals surface area contributed by atoms with Crippen molar-refractivity contribution in [2.24, 2.45) is 5.92 Å². The molecule has 1 saturated heterocycles. The van der Waals surface area contributed by atoms with Crippen LogP contribution in [0.3, 0.4) is 0 Å². The monoisotopic (exact) mass is 217 g/mol. The maximum absolute atomic E-state index is 10.8. The molecule has 1 atom stereocenters. The van der Waals surface area contributed by atoms with Gasteiger partial charge >= 0.3 is 0 Å². The van der Waals surface area contributed by atoms with Gasteiger partial charge in [-0.05, 0) is 0 Å². The first-order chi connectivity index (χ1) is 7.13. The Morgan fingerprint density at radius 1 is 1.00 bits per heavy atom. The SMILES string of the molecule is CC.CC.CC.CC1CC(=O)N(C)C1=O. The van der Waals surface area contributed by atoms with E-state index in [1.807, 2.05) is 41.5 Å². The van der Waals surface area contributed by atoms with E-state index in [-0.39, 0.29) is 17.7 Å². The highest BCUT2D eigenvalue weighted by Gasteiger charge is 2.32. The molecule has 0 aliphatic carbocycles. The summed E-state index contributed by atoms with van der Waals surface area (Å²) in [6.07, 6.45) is 0.384. The molecule has 1 heterocycles. The van der Waals surface area contributed by atoms with Crippen LogP contribution < -0.4 is 0 Å². The zero-order valence-electron chi connectivity index (χ0n) is 11.5. The van der Waals surface area contributed by atoms with E-state index < -0.39 is 0 Å². The van der Waals surface area contributed by atoms with Crippen molar-refractivity contribution in [2.75, 3.05) is 7.05 Å². The fraction of sp³-hybridized carbons (Fsp3) is 0.833. The molecule has 0 aromatic rings. The quantitative estimate of drug-likeness (QED) is 0.585. The second-order valence-corrected chi connectivity index (χ2v) is 2.40. The molecule has 0 aromatic heterocycles. The third-order valence-corrected chi connectivity index (χ3v) is 1.61. The van der Waals surface area contributed by atoms with Crippen molar-refractivity contribution >= 4 is 11.8 Å². The molecule has 1 rings (SSSR count). The number of carbonyl (C=O) groups excluding carboxylic acids is 2. The van der Waals surface area contributed by atoms with Crippen molar-refractivity contribution in [3.8, 4) is 0 Å². The number of likely N-dealkylation sites (tertiary alicyclic amines) is 1. The minimum atomic E-state index is -0.0949. The lowest BCUT2D eigenvalue weighted by Gasteiger charge is -2.03. The third kappa shape index (κ3) is 7.11. The Morgan fingerprint density at radius 3 is 1.40 bits per heavy atom. The lowest BCUT2D eigenvalue weighted by atomic mass is 10.1. The van der Waals surface area contributed by atoms with Crippen molar-refractivity contribution in [2.45, 2.75) is 54.9 Å². The van der Waals surface area contributed by atoms with Crippen LogP contribution in [0.1, 0.15) is 54.9 Å². The van der Waals surface area contributed by atoms with E-state index in [9.17, 15) is 9.59 Å². The fourth-order valence-corrected chi connectivity index (χ4v) is 0.940. The summed E-state index contributed by atoms with van der Waals surface area (Å²) < 4.78 is 0. The summed E-state index contributed by atoms with van der Waals surface area (Å²) >= 11 is 0. The Balaban J connectivity index is -0.000000208. The molecule has 3 nitrogen and oxygen atoms in total. The summed E-state index contributed by atoms with van der Waals surface area (Å²) in [5.41, 5.74) is 0. The molecule has 0 saturated carbocycles. The maximum Gasteiger partial charge on any atom is 0.232 e. The molecule has 0 aromatic carbocycles. The smallest absolute Gasteiger partial charge is 0.232 e. The summed E-state index contributed by atoms with van der Waals surface area (Å²) in [5, 5.41) is 0. The zero-order chi connectivity index (χ0) is 13.0. The Morgan fingerprint density at radius 2 is 1.33 bits per heavy atom. The number of nitrogens with zero attached hydrogens (tertiary/aromatic N) is 1. The van der Waals surface area contributed by atoms with E-state index >= 15 is 0 Å². The van der Waals surface area contributed by atoms with E-state index in [1.165, 1.54) is 11.9 Å². The molecule has 1 unspecified atom stereocenters. The highest BCUT2D eigenvalue weighted by Crippen LogP contribution is 2.15.